The molecule has 1 heterocycles. The van der Waals surface area contributed by atoms with Gasteiger partial charge in [0, 0.05) is 18.2 Å². The number of fused-ring (bicyclic) bond motifs is 1. The summed E-state index contributed by atoms with van der Waals surface area (Å²) >= 11 is 0. The van der Waals surface area contributed by atoms with Gasteiger partial charge < -0.3 is 10.6 Å². The van der Waals surface area contributed by atoms with Crippen LogP contribution in [-0.4, -0.2) is 18.5 Å². The van der Waals surface area contributed by atoms with Crippen LogP contribution in [0.2, 0.25) is 0 Å². The van der Waals surface area contributed by atoms with E-state index >= 15 is 0 Å². The Balaban J connectivity index is 2.12. The third kappa shape index (κ3) is 3.85. The number of carbonyl (C=O) groups excluding carboxylic acids is 1. The van der Waals surface area contributed by atoms with Crippen molar-refractivity contribution >= 4 is 11.6 Å². The number of hydrogen-bond donors (Lipinski definition) is 1. The second-order valence-corrected chi connectivity index (χ2v) is 6.62. The molecule has 0 aromatic heterocycles. The van der Waals surface area contributed by atoms with Crippen molar-refractivity contribution in [1.29, 1.82) is 0 Å². The van der Waals surface area contributed by atoms with Crippen molar-refractivity contribution in [2.45, 2.75) is 58.9 Å². The van der Waals surface area contributed by atoms with Crippen LogP contribution in [0.3, 0.4) is 0 Å². The zero-order valence-corrected chi connectivity index (χ0v) is 13.6. The molecular formula is C18H28N2O. The van der Waals surface area contributed by atoms with E-state index in [1.165, 1.54) is 11.1 Å². The summed E-state index contributed by atoms with van der Waals surface area (Å²) < 4.78 is 0. The Morgan fingerprint density at radius 2 is 2.14 bits per heavy atom. The molecule has 0 spiro atoms. The quantitative estimate of drug-likeness (QED) is 0.816. The van der Waals surface area contributed by atoms with Crippen LogP contribution in [-0.2, 0) is 17.6 Å². The lowest BCUT2D eigenvalue weighted by Gasteiger charge is -2.23. The maximum atomic E-state index is 12.4. The van der Waals surface area contributed by atoms with E-state index in [1.807, 2.05) is 4.90 Å². The summed E-state index contributed by atoms with van der Waals surface area (Å²) in [7, 11) is 0. The Labute approximate surface area is 128 Å². The summed E-state index contributed by atoms with van der Waals surface area (Å²) in [5.74, 6) is 0.663. The lowest BCUT2D eigenvalue weighted by atomic mass is 10.0. The van der Waals surface area contributed by atoms with Crippen LogP contribution in [0.4, 0.5) is 5.69 Å². The van der Waals surface area contributed by atoms with Gasteiger partial charge in [-0.3, -0.25) is 4.79 Å². The molecular weight excluding hydrogens is 260 g/mol. The van der Waals surface area contributed by atoms with Crippen molar-refractivity contribution in [3.05, 3.63) is 29.3 Å². The van der Waals surface area contributed by atoms with Gasteiger partial charge >= 0.3 is 0 Å². The minimum absolute atomic E-state index is 0.257. The molecule has 0 aliphatic carbocycles. The molecule has 0 bridgehead atoms. The maximum Gasteiger partial charge on any atom is 0.227 e. The summed E-state index contributed by atoms with van der Waals surface area (Å²) in [5, 5.41) is 0. The number of nitrogens with two attached hydrogens (primary N) is 1. The van der Waals surface area contributed by atoms with Gasteiger partial charge in [0.05, 0.1) is 0 Å². The highest BCUT2D eigenvalue weighted by Gasteiger charge is 2.30. The molecule has 3 nitrogen and oxygen atoms in total. The summed E-state index contributed by atoms with van der Waals surface area (Å²) in [6.45, 7) is 7.10. The second-order valence-electron chi connectivity index (χ2n) is 6.62. The van der Waals surface area contributed by atoms with E-state index in [0.29, 0.717) is 12.3 Å². The van der Waals surface area contributed by atoms with Crippen LogP contribution < -0.4 is 10.6 Å². The van der Waals surface area contributed by atoms with Gasteiger partial charge in [0.15, 0.2) is 0 Å². The van der Waals surface area contributed by atoms with Gasteiger partial charge in [-0.15, -0.1) is 0 Å². The predicted molar refractivity (Wildman–Crippen MR) is 88.5 cm³/mol. The Morgan fingerprint density at radius 1 is 1.38 bits per heavy atom. The lowest BCUT2D eigenvalue weighted by molar-refractivity contribution is -0.119. The molecule has 116 valence electrons. The second kappa shape index (κ2) is 7.08. The van der Waals surface area contributed by atoms with Crippen LogP contribution >= 0.6 is 0 Å². The van der Waals surface area contributed by atoms with Gasteiger partial charge in [0.2, 0.25) is 5.91 Å². The highest BCUT2D eigenvalue weighted by molar-refractivity contribution is 5.96. The van der Waals surface area contributed by atoms with Crippen molar-refractivity contribution in [3.8, 4) is 0 Å². The fourth-order valence-electron chi connectivity index (χ4n) is 3.14. The molecule has 1 aromatic carbocycles. The van der Waals surface area contributed by atoms with E-state index in [9.17, 15) is 4.79 Å². The minimum Gasteiger partial charge on any atom is -0.330 e. The Bertz CT molecular complexity index is 496. The first kappa shape index (κ1) is 16.0. The number of unbranched alkanes of at least 4 members (excludes halogenated alkanes) is 1. The van der Waals surface area contributed by atoms with E-state index in [1.54, 1.807) is 0 Å². The van der Waals surface area contributed by atoms with E-state index < -0.39 is 0 Å². The fourth-order valence-corrected chi connectivity index (χ4v) is 3.14. The Kier molecular flexibility index (Phi) is 5.40. The first-order chi connectivity index (χ1) is 10.0. The first-order valence-electron chi connectivity index (χ1n) is 8.17. The van der Waals surface area contributed by atoms with Crippen LogP contribution in [0.1, 0.15) is 51.2 Å². The number of amides is 1. The van der Waals surface area contributed by atoms with E-state index in [2.05, 4.69) is 39.0 Å². The van der Waals surface area contributed by atoms with Crippen LogP contribution in [0.15, 0.2) is 18.2 Å². The van der Waals surface area contributed by atoms with Crippen molar-refractivity contribution in [1.82, 2.24) is 0 Å². The molecule has 1 aromatic rings. The van der Waals surface area contributed by atoms with Crippen molar-refractivity contribution in [3.63, 3.8) is 0 Å². The van der Waals surface area contributed by atoms with Crippen LogP contribution in [0.25, 0.3) is 0 Å². The molecule has 1 unspecified atom stereocenters. The number of rotatable bonds is 6. The molecule has 1 aliphatic rings. The van der Waals surface area contributed by atoms with E-state index in [4.69, 9.17) is 5.73 Å². The molecule has 1 atom stereocenters. The summed E-state index contributed by atoms with van der Waals surface area (Å²) in [6.07, 6.45) is 4.90. The predicted octanol–water partition coefficient (Wildman–Crippen LogP) is 3.29. The topological polar surface area (TPSA) is 46.3 Å². The number of carbonyl (C=O) groups is 1. The summed E-state index contributed by atoms with van der Waals surface area (Å²) in [5.41, 5.74) is 9.36. The molecule has 0 saturated heterocycles. The van der Waals surface area contributed by atoms with Crippen molar-refractivity contribution < 1.29 is 4.79 Å². The Hall–Kier alpha value is -1.35. The Morgan fingerprint density at radius 3 is 2.81 bits per heavy atom. The SMILES string of the molecule is CC(C)CC(=O)N1c2ccc(CCCCN)cc2CC1C. The third-order valence-corrected chi connectivity index (χ3v) is 4.13. The molecule has 21 heavy (non-hydrogen) atoms. The summed E-state index contributed by atoms with van der Waals surface area (Å²) in [6, 6.07) is 6.87. The van der Waals surface area contributed by atoms with E-state index in [-0.39, 0.29) is 11.9 Å². The van der Waals surface area contributed by atoms with Gasteiger partial charge in [0.25, 0.3) is 0 Å². The molecule has 1 aliphatic heterocycles. The molecule has 0 saturated carbocycles. The lowest BCUT2D eigenvalue weighted by Crippen LogP contribution is -2.36. The smallest absolute Gasteiger partial charge is 0.227 e. The van der Waals surface area contributed by atoms with Gasteiger partial charge in [-0.25, -0.2) is 0 Å². The average molecular weight is 288 g/mol. The minimum atomic E-state index is 0.257. The third-order valence-electron chi connectivity index (χ3n) is 4.13. The number of hydrogen-bond acceptors (Lipinski definition) is 2. The number of anilines is 1. The van der Waals surface area contributed by atoms with Crippen molar-refractivity contribution in [2.75, 3.05) is 11.4 Å². The molecule has 2 N–H and O–H groups in total. The van der Waals surface area contributed by atoms with Gasteiger partial charge in [-0.05, 0) is 62.3 Å². The van der Waals surface area contributed by atoms with E-state index in [0.717, 1.165) is 37.9 Å². The largest absolute Gasteiger partial charge is 0.330 e. The van der Waals surface area contributed by atoms with Crippen LogP contribution in [0.5, 0.6) is 0 Å². The van der Waals surface area contributed by atoms with Gasteiger partial charge in [0.1, 0.15) is 0 Å². The number of benzene rings is 1. The fraction of sp³-hybridized carbons (Fsp3) is 0.611. The first-order valence-corrected chi connectivity index (χ1v) is 8.17. The van der Waals surface area contributed by atoms with Crippen molar-refractivity contribution in [2.24, 2.45) is 11.7 Å². The maximum absolute atomic E-state index is 12.4. The number of aryl methyl sites for hydroxylation is 1. The molecule has 0 fully saturated rings. The average Bonchev–Trinajstić information content (AvgIpc) is 2.73. The van der Waals surface area contributed by atoms with Gasteiger partial charge in [-0.2, -0.15) is 0 Å². The standard InChI is InChI=1S/C18H28N2O/c1-13(2)10-18(21)20-14(3)11-16-12-15(6-4-5-9-19)7-8-17(16)20/h7-8,12-14H,4-6,9-11,19H2,1-3H3. The van der Waals surface area contributed by atoms with Gasteiger partial charge in [-0.1, -0.05) is 26.0 Å². The van der Waals surface area contributed by atoms with Crippen LogP contribution in [0, 0.1) is 5.92 Å². The molecule has 0 radical (unpaired) electrons. The zero-order chi connectivity index (χ0) is 15.4. The normalized spacial score (nSPS) is 17.4. The highest BCUT2D eigenvalue weighted by Crippen LogP contribution is 2.34. The molecule has 1 amide bonds. The highest BCUT2D eigenvalue weighted by atomic mass is 16.2. The molecule has 3 heteroatoms. The zero-order valence-electron chi connectivity index (χ0n) is 13.6. The number of nitrogens with zero attached hydrogens (tertiary/aromatic N) is 1. The summed E-state index contributed by atoms with van der Waals surface area (Å²) in [4.78, 5) is 14.4. The monoisotopic (exact) mass is 288 g/mol. The molecule has 2 rings (SSSR count).